The Bertz CT molecular complexity index is 559. The number of hydrogen-bond donors (Lipinski definition) is 1. The number of esters is 1. The first-order valence-electron chi connectivity index (χ1n) is 6.79. The third-order valence-corrected chi connectivity index (χ3v) is 3.88. The van der Waals surface area contributed by atoms with Crippen LogP contribution < -0.4 is 10.5 Å². The zero-order valence-electron chi connectivity index (χ0n) is 12.5. The van der Waals surface area contributed by atoms with Crippen molar-refractivity contribution in [2.24, 2.45) is 11.8 Å². The van der Waals surface area contributed by atoms with E-state index in [2.05, 4.69) is 0 Å². The van der Waals surface area contributed by atoms with Crippen molar-refractivity contribution in [3.05, 3.63) is 23.8 Å². The van der Waals surface area contributed by atoms with Crippen molar-refractivity contribution in [2.45, 2.75) is 6.92 Å². The molecule has 0 spiro atoms. The Morgan fingerprint density at radius 2 is 2.00 bits per heavy atom. The highest BCUT2D eigenvalue weighted by Gasteiger charge is 2.38. The molecular formula is C15H20N2O4. The maximum Gasteiger partial charge on any atom is 0.310 e. The number of nitrogens with zero attached hydrogens (tertiary/aromatic N) is 1. The Labute approximate surface area is 123 Å². The number of ether oxygens (including phenoxy) is 2. The number of anilines is 1. The van der Waals surface area contributed by atoms with Gasteiger partial charge >= 0.3 is 5.97 Å². The molecule has 1 aliphatic rings. The normalized spacial score (nSPS) is 21.2. The maximum absolute atomic E-state index is 12.6. The minimum absolute atomic E-state index is 0.0634. The molecule has 0 aromatic heterocycles. The molecule has 1 amide bonds. The molecule has 0 saturated carbocycles. The summed E-state index contributed by atoms with van der Waals surface area (Å²) in [4.78, 5) is 26.0. The highest BCUT2D eigenvalue weighted by molar-refractivity contribution is 5.99. The van der Waals surface area contributed by atoms with E-state index in [0.717, 1.165) is 0 Å². The van der Waals surface area contributed by atoms with E-state index in [1.807, 2.05) is 6.92 Å². The summed E-state index contributed by atoms with van der Waals surface area (Å²) in [6, 6.07) is 5.06. The molecule has 6 heteroatoms. The second kappa shape index (κ2) is 6.03. The SMILES string of the molecule is COC(=O)C1CN(C(=O)c2cccc(N)c2OC)CC1C. The number of carbonyl (C=O) groups is 2. The molecule has 2 N–H and O–H groups in total. The second-order valence-corrected chi connectivity index (χ2v) is 5.25. The van der Waals surface area contributed by atoms with Crippen molar-refractivity contribution >= 4 is 17.6 Å². The van der Waals surface area contributed by atoms with Crippen molar-refractivity contribution in [1.82, 2.24) is 4.90 Å². The predicted octanol–water partition coefficient (Wildman–Crippen LogP) is 1.16. The van der Waals surface area contributed by atoms with Gasteiger partial charge in [0.25, 0.3) is 5.91 Å². The lowest BCUT2D eigenvalue weighted by Crippen LogP contribution is -2.30. The predicted molar refractivity (Wildman–Crippen MR) is 78.0 cm³/mol. The number of nitrogen functional groups attached to an aromatic ring is 1. The molecule has 21 heavy (non-hydrogen) atoms. The van der Waals surface area contributed by atoms with E-state index in [1.165, 1.54) is 14.2 Å². The van der Waals surface area contributed by atoms with Crippen molar-refractivity contribution in [2.75, 3.05) is 33.0 Å². The number of benzene rings is 1. The number of hydrogen-bond acceptors (Lipinski definition) is 5. The molecule has 2 atom stereocenters. The Morgan fingerprint density at radius 3 is 2.62 bits per heavy atom. The minimum atomic E-state index is -0.286. The third-order valence-electron chi connectivity index (χ3n) is 3.88. The molecule has 1 aliphatic heterocycles. The lowest BCUT2D eigenvalue weighted by atomic mass is 9.99. The first-order valence-corrected chi connectivity index (χ1v) is 6.79. The van der Waals surface area contributed by atoms with Gasteiger partial charge in [0.2, 0.25) is 0 Å². The molecule has 6 nitrogen and oxygen atoms in total. The zero-order chi connectivity index (χ0) is 15.6. The average molecular weight is 292 g/mol. The van der Waals surface area contributed by atoms with Crippen molar-refractivity contribution in [3.8, 4) is 5.75 Å². The molecule has 114 valence electrons. The van der Waals surface area contributed by atoms with Gasteiger partial charge in [-0.05, 0) is 18.1 Å². The standard InChI is InChI=1S/C15H20N2O4/c1-9-7-17(8-11(9)15(19)21-3)14(18)10-5-4-6-12(16)13(10)20-2/h4-6,9,11H,7-8,16H2,1-3H3. The largest absolute Gasteiger partial charge is 0.494 e. The zero-order valence-corrected chi connectivity index (χ0v) is 12.5. The van der Waals surface area contributed by atoms with Gasteiger partial charge < -0.3 is 20.1 Å². The topological polar surface area (TPSA) is 81.9 Å². The molecule has 1 aromatic carbocycles. The lowest BCUT2D eigenvalue weighted by Gasteiger charge is -2.18. The van der Waals surface area contributed by atoms with Crippen LogP contribution in [0, 0.1) is 11.8 Å². The van der Waals surface area contributed by atoms with E-state index in [0.29, 0.717) is 30.1 Å². The third kappa shape index (κ3) is 2.79. The molecule has 0 aliphatic carbocycles. The minimum Gasteiger partial charge on any atom is -0.494 e. The number of carbonyl (C=O) groups excluding carboxylic acids is 2. The summed E-state index contributed by atoms with van der Waals surface area (Å²) in [5, 5.41) is 0. The van der Waals surface area contributed by atoms with Gasteiger partial charge in [-0.25, -0.2) is 0 Å². The van der Waals surface area contributed by atoms with Crippen LogP contribution in [0.5, 0.6) is 5.75 Å². The summed E-state index contributed by atoms with van der Waals surface area (Å²) < 4.78 is 10.00. The lowest BCUT2D eigenvalue weighted by molar-refractivity contribution is -0.146. The van der Waals surface area contributed by atoms with E-state index in [9.17, 15) is 9.59 Å². The molecule has 1 aromatic rings. The fourth-order valence-electron chi connectivity index (χ4n) is 2.71. The van der Waals surface area contributed by atoms with Crippen molar-refractivity contribution in [1.29, 1.82) is 0 Å². The number of rotatable bonds is 3. The number of likely N-dealkylation sites (tertiary alicyclic amines) is 1. The molecule has 1 heterocycles. The summed E-state index contributed by atoms with van der Waals surface area (Å²) in [6.45, 7) is 2.80. The van der Waals surface area contributed by atoms with E-state index in [-0.39, 0.29) is 23.7 Å². The fourth-order valence-corrected chi connectivity index (χ4v) is 2.71. The van der Waals surface area contributed by atoms with Crippen LogP contribution >= 0.6 is 0 Å². The van der Waals surface area contributed by atoms with Crippen LogP contribution in [0.25, 0.3) is 0 Å². The van der Waals surface area contributed by atoms with Gasteiger partial charge in [-0.3, -0.25) is 9.59 Å². The van der Waals surface area contributed by atoms with Gasteiger partial charge in [0.1, 0.15) is 0 Å². The van der Waals surface area contributed by atoms with E-state index in [4.69, 9.17) is 15.2 Å². The molecule has 2 unspecified atom stereocenters. The summed E-state index contributed by atoms with van der Waals surface area (Å²) in [6.07, 6.45) is 0. The van der Waals surface area contributed by atoms with Gasteiger partial charge in [-0.1, -0.05) is 13.0 Å². The molecule has 1 fully saturated rings. The molecule has 0 radical (unpaired) electrons. The molecule has 1 saturated heterocycles. The first kappa shape index (κ1) is 15.2. The van der Waals surface area contributed by atoms with Gasteiger partial charge in [-0.2, -0.15) is 0 Å². The van der Waals surface area contributed by atoms with Gasteiger partial charge in [0.05, 0.1) is 31.4 Å². The Hall–Kier alpha value is -2.24. The summed E-state index contributed by atoms with van der Waals surface area (Å²) >= 11 is 0. The fraction of sp³-hybridized carbons (Fsp3) is 0.467. The molecule has 0 bridgehead atoms. The highest BCUT2D eigenvalue weighted by Crippen LogP contribution is 2.30. The van der Waals surface area contributed by atoms with Crippen LogP contribution in [0.2, 0.25) is 0 Å². The second-order valence-electron chi connectivity index (χ2n) is 5.25. The van der Waals surface area contributed by atoms with Crippen LogP contribution in [-0.2, 0) is 9.53 Å². The number of para-hydroxylation sites is 1. The van der Waals surface area contributed by atoms with Gasteiger partial charge in [0.15, 0.2) is 5.75 Å². The molecular weight excluding hydrogens is 272 g/mol. The summed E-state index contributed by atoms with van der Waals surface area (Å²) in [5.41, 5.74) is 6.65. The quantitative estimate of drug-likeness (QED) is 0.668. The first-order chi connectivity index (χ1) is 9.99. The van der Waals surface area contributed by atoms with Crippen LogP contribution in [-0.4, -0.2) is 44.1 Å². The Kier molecular flexibility index (Phi) is 4.35. The Balaban J connectivity index is 2.23. The van der Waals surface area contributed by atoms with E-state index in [1.54, 1.807) is 23.1 Å². The number of methoxy groups -OCH3 is 2. The van der Waals surface area contributed by atoms with Crippen molar-refractivity contribution in [3.63, 3.8) is 0 Å². The number of nitrogens with two attached hydrogens (primary N) is 1. The van der Waals surface area contributed by atoms with Crippen LogP contribution in [0.1, 0.15) is 17.3 Å². The van der Waals surface area contributed by atoms with Crippen LogP contribution in [0.15, 0.2) is 18.2 Å². The van der Waals surface area contributed by atoms with E-state index < -0.39 is 0 Å². The smallest absolute Gasteiger partial charge is 0.310 e. The van der Waals surface area contributed by atoms with Gasteiger partial charge in [-0.15, -0.1) is 0 Å². The van der Waals surface area contributed by atoms with Crippen molar-refractivity contribution < 1.29 is 19.1 Å². The van der Waals surface area contributed by atoms with Crippen LogP contribution in [0.3, 0.4) is 0 Å². The Morgan fingerprint density at radius 1 is 1.29 bits per heavy atom. The molecule has 2 rings (SSSR count). The summed E-state index contributed by atoms with van der Waals surface area (Å²) in [7, 11) is 2.84. The monoisotopic (exact) mass is 292 g/mol. The average Bonchev–Trinajstić information content (AvgIpc) is 2.87. The van der Waals surface area contributed by atoms with E-state index >= 15 is 0 Å². The number of amides is 1. The summed E-state index contributed by atoms with van der Waals surface area (Å²) in [5.74, 6) is -0.314. The maximum atomic E-state index is 12.6. The highest BCUT2D eigenvalue weighted by atomic mass is 16.5. The van der Waals surface area contributed by atoms with Gasteiger partial charge in [0, 0.05) is 13.1 Å². The van der Waals surface area contributed by atoms with Crippen LogP contribution in [0.4, 0.5) is 5.69 Å².